The minimum absolute atomic E-state index is 0.950. The molecule has 0 fully saturated rings. The van der Waals surface area contributed by atoms with Crippen molar-refractivity contribution in [1.82, 2.24) is 9.97 Å². The maximum absolute atomic E-state index is 4.59. The molecule has 0 saturated heterocycles. The van der Waals surface area contributed by atoms with Crippen molar-refractivity contribution in [2.45, 2.75) is 6.92 Å². The van der Waals surface area contributed by atoms with Crippen molar-refractivity contribution >= 4 is 32.6 Å². The van der Waals surface area contributed by atoms with E-state index in [0.717, 1.165) is 16.9 Å². The molecule has 0 amide bonds. The van der Waals surface area contributed by atoms with Crippen LogP contribution in [0.4, 0.5) is 0 Å². The Hall–Kier alpha value is -3.13. The fourth-order valence-electron chi connectivity index (χ4n) is 3.59. The number of nitrogens with zero attached hydrogens (tertiary/aromatic N) is 1. The third-order valence-electron chi connectivity index (χ3n) is 4.68. The predicted octanol–water partition coefficient (Wildman–Crippen LogP) is 5.84. The van der Waals surface area contributed by atoms with Gasteiger partial charge >= 0.3 is 0 Å². The molecule has 0 atom stereocenters. The molecule has 2 nitrogen and oxygen atoms in total. The van der Waals surface area contributed by atoms with Gasteiger partial charge in [-0.25, -0.2) is 4.98 Å². The first-order valence-corrected chi connectivity index (χ1v) is 8.17. The molecule has 1 aromatic heterocycles. The van der Waals surface area contributed by atoms with Crippen LogP contribution in [-0.2, 0) is 0 Å². The van der Waals surface area contributed by atoms with Crippen LogP contribution in [0.3, 0.4) is 0 Å². The predicted molar refractivity (Wildman–Crippen MR) is 101 cm³/mol. The van der Waals surface area contributed by atoms with E-state index in [2.05, 4.69) is 82.8 Å². The highest BCUT2D eigenvalue weighted by Gasteiger charge is 2.09. The summed E-state index contributed by atoms with van der Waals surface area (Å²) in [6.07, 6.45) is 0. The first kappa shape index (κ1) is 13.3. The second kappa shape index (κ2) is 4.93. The van der Waals surface area contributed by atoms with Gasteiger partial charge in [-0.1, -0.05) is 54.6 Å². The van der Waals surface area contributed by atoms with Crippen LogP contribution in [0.2, 0.25) is 0 Å². The molecule has 114 valence electrons. The summed E-state index contributed by atoms with van der Waals surface area (Å²) >= 11 is 0. The largest absolute Gasteiger partial charge is 0.342 e. The van der Waals surface area contributed by atoms with E-state index in [-0.39, 0.29) is 0 Å². The van der Waals surface area contributed by atoms with Gasteiger partial charge in [-0.3, -0.25) is 0 Å². The van der Waals surface area contributed by atoms with Gasteiger partial charge in [0, 0.05) is 0 Å². The maximum atomic E-state index is 4.59. The molecule has 5 rings (SSSR count). The van der Waals surface area contributed by atoms with Gasteiger partial charge in [-0.05, 0) is 57.8 Å². The lowest BCUT2D eigenvalue weighted by Crippen LogP contribution is -1.84. The lowest BCUT2D eigenvalue weighted by Gasteiger charge is -2.11. The first-order valence-electron chi connectivity index (χ1n) is 8.17. The smallest absolute Gasteiger partial charge is 0.104 e. The topological polar surface area (TPSA) is 28.7 Å². The van der Waals surface area contributed by atoms with E-state index in [1.54, 1.807) is 0 Å². The number of benzene rings is 4. The minimum Gasteiger partial charge on any atom is -0.342 e. The number of aryl methyl sites for hydroxylation is 1. The Balaban J connectivity index is 1.89. The zero-order valence-corrected chi connectivity index (χ0v) is 13.4. The summed E-state index contributed by atoms with van der Waals surface area (Å²) in [4.78, 5) is 7.88. The molecule has 24 heavy (non-hydrogen) atoms. The number of aromatic amines is 1. The summed E-state index contributed by atoms with van der Waals surface area (Å²) in [7, 11) is 0. The van der Waals surface area contributed by atoms with Gasteiger partial charge in [0.05, 0.1) is 11.0 Å². The molecule has 0 aliphatic carbocycles. The van der Waals surface area contributed by atoms with Gasteiger partial charge < -0.3 is 4.98 Å². The molecule has 0 spiro atoms. The van der Waals surface area contributed by atoms with E-state index in [9.17, 15) is 0 Å². The molecule has 0 bridgehead atoms. The van der Waals surface area contributed by atoms with Crippen LogP contribution in [0.1, 0.15) is 5.82 Å². The zero-order chi connectivity index (χ0) is 16.1. The molecule has 4 aromatic carbocycles. The van der Waals surface area contributed by atoms with Crippen LogP contribution in [-0.4, -0.2) is 9.97 Å². The van der Waals surface area contributed by atoms with Crippen molar-refractivity contribution < 1.29 is 0 Å². The van der Waals surface area contributed by atoms with Crippen LogP contribution in [0.25, 0.3) is 43.7 Å². The standard InChI is InChI=1S/C22H16N2/c1-14-23-21-11-10-16(13-22(21)24-14)20-12-15-6-2-3-7-17(15)18-8-4-5-9-19(18)20/h2-13H,1H3,(H,23,24). The van der Waals surface area contributed by atoms with Crippen LogP contribution in [0, 0.1) is 6.92 Å². The van der Waals surface area contributed by atoms with Crippen LogP contribution in [0.15, 0.2) is 72.8 Å². The van der Waals surface area contributed by atoms with Gasteiger partial charge in [-0.2, -0.15) is 0 Å². The summed E-state index contributed by atoms with van der Waals surface area (Å²) < 4.78 is 0. The van der Waals surface area contributed by atoms with Crippen LogP contribution in [0.5, 0.6) is 0 Å². The lowest BCUT2D eigenvalue weighted by molar-refractivity contribution is 1.17. The quantitative estimate of drug-likeness (QED) is 0.387. The van der Waals surface area contributed by atoms with E-state index in [0.29, 0.717) is 0 Å². The molecule has 1 N–H and O–H groups in total. The van der Waals surface area contributed by atoms with Crippen molar-refractivity contribution in [3.63, 3.8) is 0 Å². The Morgan fingerprint density at radius 3 is 2.38 bits per heavy atom. The molecule has 2 heteroatoms. The summed E-state index contributed by atoms with van der Waals surface area (Å²) in [6.45, 7) is 1.99. The van der Waals surface area contributed by atoms with E-state index < -0.39 is 0 Å². The molecule has 0 radical (unpaired) electrons. The van der Waals surface area contributed by atoms with Crippen molar-refractivity contribution in [1.29, 1.82) is 0 Å². The number of hydrogen-bond acceptors (Lipinski definition) is 1. The van der Waals surface area contributed by atoms with Crippen molar-refractivity contribution in [2.24, 2.45) is 0 Å². The molecule has 0 saturated carbocycles. The molecule has 5 aromatic rings. The second-order valence-electron chi connectivity index (χ2n) is 6.24. The highest BCUT2D eigenvalue weighted by atomic mass is 14.9. The van der Waals surface area contributed by atoms with Crippen molar-refractivity contribution in [3.8, 4) is 11.1 Å². The average molecular weight is 308 g/mol. The molecule has 0 unspecified atom stereocenters. The SMILES string of the molecule is Cc1nc2cc(-c3cc4ccccc4c4ccccc34)ccc2[nH]1. The first-order chi connectivity index (χ1) is 11.8. The number of hydrogen-bond donors (Lipinski definition) is 1. The van der Waals surface area contributed by atoms with E-state index >= 15 is 0 Å². The number of aromatic nitrogens is 2. The number of nitrogens with one attached hydrogen (secondary N) is 1. The normalized spacial score (nSPS) is 11.5. The molecule has 1 heterocycles. The number of rotatable bonds is 1. The molecule has 0 aliphatic rings. The average Bonchev–Trinajstić information content (AvgIpc) is 3.00. The Morgan fingerprint density at radius 1 is 0.750 bits per heavy atom. The highest BCUT2D eigenvalue weighted by molar-refractivity contribution is 6.14. The van der Waals surface area contributed by atoms with E-state index in [4.69, 9.17) is 0 Å². The Morgan fingerprint density at radius 2 is 1.50 bits per heavy atom. The fourth-order valence-corrected chi connectivity index (χ4v) is 3.59. The maximum Gasteiger partial charge on any atom is 0.104 e. The third-order valence-corrected chi connectivity index (χ3v) is 4.68. The summed E-state index contributed by atoms with van der Waals surface area (Å²) in [5.41, 5.74) is 4.56. The van der Waals surface area contributed by atoms with Gasteiger partial charge in [-0.15, -0.1) is 0 Å². The molecule has 0 aliphatic heterocycles. The number of H-pyrrole nitrogens is 1. The summed E-state index contributed by atoms with van der Waals surface area (Å²) in [6, 6.07) is 26.0. The summed E-state index contributed by atoms with van der Waals surface area (Å²) in [5.74, 6) is 0.950. The number of imidazole rings is 1. The molecular formula is C22H16N2. The van der Waals surface area contributed by atoms with Gasteiger partial charge in [0.25, 0.3) is 0 Å². The number of fused-ring (bicyclic) bond motifs is 4. The zero-order valence-electron chi connectivity index (χ0n) is 13.4. The van der Waals surface area contributed by atoms with Crippen LogP contribution >= 0.6 is 0 Å². The van der Waals surface area contributed by atoms with Crippen molar-refractivity contribution in [3.05, 3.63) is 78.6 Å². The van der Waals surface area contributed by atoms with Gasteiger partial charge in [0.1, 0.15) is 5.82 Å². The Kier molecular flexibility index (Phi) is 2.74. The van der Waals surface area contributed by atoms with Crippen molar-refractivity contribution in [2.75, 3.05) is 0 Å². The van der Waals surface area contributed by atoms with Crippen LogP contribution < -0.4 is 0 Å². The summed E-state index contributed by atoms with van der Waals surface area (Å²) in [5, 5.41) is 5.14. The Labute approximate surface area is 139 Å². The minimum atomic E-state index is 0.950. The third kappa shape index (κ3) is 1.93. The second-order valence-corrected chi connectivity index (χ2v) is 6.24. The fraction of sp³-hybridized carbons (Fsp3) is 0.0455. The van der Waals surface area contributed by atoms with Gasteiger partial charge in [0.15, 0.2) is 0 Å². The lowest BCUT2D eigenvalue weighted by atomic mass is 9.93. The monoisotopic (exact) mass is 308 g/mol. The van der Waals surface area contributed by atoms with E-state index in [1.165, 1.54) is 32.7 Å². The van der Waals surface area contributed by atoms with E-state index in [1.807, 2.05) is 6.92 Å². The molecular weight excluding hydrogens is 292 g/mol. The Bertz CT molecular complexity index is 1210. The highest BCUT2D eigenvalue weighted by Crippen LogP contribution is 2.35. The van der Waals surface area contributed by atoms with Gasteiger partial charge in [0.2, 0.25) is 0 Å².